The van der Waals surface area contributed by atoms with Gasteiger partial charge in [0.1, 0.15) is 5.75 Å². The maximum absolute atomic E-state index is 12.2. The van der Waals surface area contributed by atoms with Crippen LogP contribution >= 0.6 is 0 Å². The summed E-state index contributed by atoms with van der Waals surface area (Å²) in [5.41, 5.74) is 0.584. The van der Waals surface area contributed by atoms with Gasteiger partial charge in [-0.05, 0) is 37.5 Å². The lowest BCUT2D eigenvalue weighted by molar-refractivity contribution is -0.0498. The van der Waals surface area contributed by atoms with Crippen molar-refractivity contribution >= 4 is 5.96 Å². The molecule has 0 aliphatic rings. The molecule has 0 saturated carbocycles. The van der Waals surface area contributed by atoms with Gasteiger partial charge < -0.3 is 25.2 Å². The Kier molecular flexibility index (Phi) is 12.1. The van der Waals surface area contributed by atoms with Gasteiger partial charge >= 0.3 is 6.61 Å². The van der Waals surface area contributed by atoms with Crippen molar-refractivity contribution in [1.82, 2.24) is 10.6 Å². The van der Waals surface area contributed by atoms with Gasteiger partial charge in [-0.25, -0.2) is 0 Å². The Bertz CT molecular complexity index is 527. The molecule has 1 atom stereocenters. The average Bonchev–Trinajstić information content (AvgIpc) is 2.65. The van der Waals surface area contributed by atoms with E-state index in [0.29, 0.717) is 31.2 Å². The van der Waals surface area contributed by atoms with Crippen molar-refractivity contribution in [2.45, 2.75) is 45.8 Å². The quantitative estimate of drug-likeness (QED) is 0.276. The molecule has 0 spiro atoms. The first-order valence-electron chi connectivity index (χ1n) is 9.39. The average molecular weight is 387 g/mol. The van der Waals surface area contributed by atoms with Gasteiger partial charge in [-0.3, -0.25) is 4.99 Å². The minimum absolute atomic E-state index is 0.0561. The van der Waals surface area contributed by atoms with Crippen LogP contribution in [0.2, 0.25) is 0 Å². The van der Waals surface area contributed by atoms with Gasteiger partial charge in [-0.2, -0.15) is 8.78 Å². The third kappa shape index (κ3) is 10.7. The minimum atomic E-state index is -2.86. The van der Waals surface area contributed by atoms with Crippen LogP contribution in [0.1, 0.15) is 44.8 Å². The lowest BCUT2D eigenvalue weighted by atomic mass is 10.1. The number of nitrogens with zero attached hydrogens (tertiary/aromatic N) is 1. The molecule has 6 nitrogen and oxygen atoms in total. The molecule has 0 radical (unpaired) electrons. The molecule has 0 amide bonds. The van der Waals surface area contributed by atoms with Gasteiger partial charge in [-0.1, -0.05) is 25.5 Å². The Hall–Kier alpha value is -1.93. The van der Waals surface area contributed by atoms with Gasteiger partial charge in [0.2, 0.25) is 0 Å². The number of benzene rings is 1. The number of aliphatic imine (C=N–C) groups is 1. The van der Waals surface area contributed by atoms with E-state index in [1.807, 2.05) is 6.92 Å². The summed E-state index contributed by atoms with van der Waals surface area (Å²) >= 11 is 0. The highest BCUT2D eigenvalue weighted by Crippen LogP contribution is 2.19. The molecule has 0 heterocycles. The first kappa shape index (κ1) is 23.1. The number of guanidine groups is 1. The molecule has 1 aromatic carbocycles. The monoisotopic (exact) mass is 387 g/mol. The van der Waals surface area contributed by atoms with Crippen molar-refractivity contribution in [3.8, 4) is 5.75 Å². The summed E-state index contributed by atoms with van der Waals surface area (Å²) in [6.07, 6.45) is 2.23. The Morgan fingerprint density at radius 1 is 1.11 bits per heavy atom. The molecule has 8 heteroatoms. The van der Waals surface area contributed by atoms with Crippen molar-refractivity contribution in [3.63, 3.8) is 0 Å². The minimum Gasteiger partial charge on any atom is -0.435 e. The summed E-state index contributed by atoms with van der Waals surface area (Å²) in [6.45, 7) is 4.28. The van der Waals surface area contributed by atoms with Gasteiger partial charge in [0.25, 0.3) is 0 Å². The molecule has 1 rings (SSSR count). The largest absolute Gasteiger partial charge is 0.435 e. The van der Waals surface area contributed by atoms with Gasteiger partial charge in [0, 0.05) is 26.3 Å². The van der Waals surface area contributed by atoms with E-state index in [9.17, 15) is 13.9 Å². The molecule has 0 fully saturated rings. The van der Waals surface area contributed by atoms with Crippen LogP contribution in [0.5, 0.6) is 5.75 Å². The Labute approximate surface area is 160 Å². The second kappa shape index (κ2) is 14.2. The molecule has 0 aliphatic heterocycles. The fraction of sp³-hybridized carbons (Fsp3) is 0.632. The number of hydrogen-bond donors (Lipinski definition) is 3. The molecule has 27 heavy (non-hydrogen) atoms. The van der Waals surface area contributed by atoms with Gasteiger partial charge in [0.15, 0.2) is 5.96 Å². The second-order valence-electron chi connectivity index (χ2n) is 5.93. The van der Waals surface area contributed by atoms with Gasteiger partial charge in [0.05, 0.1) is 12.6 Å². The number of aliphatic hydroxyl groups excluding tert-OH is 1. The Morgan fingerprint density at radius 2 is 1.81 bits per heavy atom. The summed E-state index contributed by atoms with van der Waals surface area (Å²) in [5, 5.41) is 16.5. The van der Waals surface area contributed by atoms with Crippen LogP contribution in [0.15, 0.2) is 29.3 Å². The van der Waals surface area contributed by atoms with E-state index >= 15 is 0 Å². The molecule has 154 valence electrons. The summed E-state index contributed by atoms with van der Waals surface area (Å²) in [5.74, 6) is 0.670. The third-order valence-electron chi connectivity index (χ3n) is 3.66. The van der Waals surface area contributed by atoms with Crippen molar-refractivity contribution in [2.24, 2.45) is 4.99 Å². The van der Waals surface area contributed by atoms with E-state index in [-0.39, 0.29) is 12.3 Å². The number of hydrogen-bond acceptors (Lipinski definition) is 4. The van der Waals surface area contributed by atoms with Crippen molar-refractivity contribution in [2.75, 3.05) is 32.8 Å². The zero-order valence-electron chi connectivity index (χ0n) is 16.1. The zero-order valence-corrected chi connectivity index (χ0v) is 16.1. The smallest absolute Gasteiger partial charge is 0.387 e. The summed E-state index contributed by atoms with van der Waals surface area (Å²) < 4.78 is 34.1. The summed E-state index contributed by atoms with van der Waals surface area (Å²) in [6, 6.07) is 5.89. The predicted octanol–water partition coefficient (Wildman–Crippen LogP) is 3.08. The van der Waals surface area contributed by atoms with E-state index in [0.717, 1.165) is 25.9 Å². The summed E-state index contributed by atoms with van der Waals surface area (Å²) in [7, 11) is 0. The van der Waals surface area contributed by atoms with E-state index < -0.39 is 12.7 Å². The third-order valence-corrected chi connectivity index (χ3v) is 3.66. The van der Waals surface area contributed by atoms with E-state index in [1.54, 1.807) is 12.1 Å². The standard InChI is InChI=1S/C19H31F2N3O3/c1-3-5-12-26-13-6-11-23-19(22-4-2)24-14-17(25)15-7-9-16(10-8-15)27-18(20)21/h7-10,17-18,25H,3-6,11-14H2,1-2H3,(H2,22,23,24). The molecule has 0 aromatic heterocycles. The van der Waals surface area contributed by atoms with Crippen molar-refractivity contribution < 1.29 is 23.4 Å². The first-order chi connectivity index (χ1) is 13.1. The van der Waals surface area contributed by atoms with Crippen LogP contribution in [-0.4, -0.2) is 50.5 Å². The Balaban J connectivity index is 2.41. The lowest BCUT2D eigenvalue weighted by Crippen LogP contribution is -2.38. The van der Waals surface area contributed by atoms with Crippen LogP contribution in [0, 0.1) is 0 Å². The number of aliphatic hydroxyl groups is 1. The lowest BCUT2D eigenvalue weighted by Gasteiger charge is -2.14. The molecule has 1 unspecified atom stereocenters. The Morgan fingerprint density at radius 3 is 2.44 bits per heavy atom. The highest BCUT2D eigenvalue weighted by molar-refractivity contribution is 5.79. The van der Waals surface area contributed by atoms with Crippen molar-refractivity contribution in [3.05, 3.63) is 29.8 Å². The number of halogens is 2. The van der Waals surface area contributed by atoms with Crippen LogP contribution in [0.4, 0.5) is 8.78 Å². The fourth-order valence-electron chi connectivity index (χ4n) is 2.23. The molecular formula is C19H31F2N3O3. The SMILES string of the molecule is CCCCOCCCNC(=NCC(O)c1ccc(OC(F)F)cc1)NCC. The predicted molar refractivity (Wildman–Crippen MR) is 102 cm³/mol. The maximum Gasteiger partial charge on any atom is 0.387 e. The van der Waals surface area contributed by atoms with E-state index in [1.165, 1.54) is 12.1 Å². The molecule has 1 aromatic rings. The topological polar surface area (TPSA) is 75.1 Å². The molecule has 0 aliphatic carbocycles. The van der Waals surface area contributed by atoms with E-state index in [2.05, 4.69) is 27.3 Å². The number of ether oxygens (including phenoxy) is 2. The highest BCUT2D eigenvalue weighted by atomic mass is 19.3. The second-order valence-corrected chi connectivity index (χ2v) is 5.93. The summed E-state index contributed by atoms with van der Waals surface area (Å²) in [4.78, 5) is 4.36. The number of alkyl halides is 2. The molecular weight excluding hydrogens is 356 g/mol. The van der Waals surface area contributed by atoms with Crippen LogP contribution < -0.4 is 15.4 Å². The number of rotatable bonds is 13. The van der Waals surface area contributed by atoms with Crippen molar-refractivity contribution in [1.29, 1.82) is 0 Å². The fourth-order valence-corrected chi connectivity index (χ4v) is 2.23. The molecule has 0 saturated heterocycles. The zero-order chi connectivity index (χ0) is 19.9. The van der Waals surface area contributed by atoms with E-state index in [4.69, 9.17) is 4.74 Å². The maximum atomic E-state index is 12.2. The normalized spacial score (nSPS) is 12.9. The van der Waals surface area contributed by atoms with Crippen LogP contribution in [0.25, 0.3) is 0 Å². The molecule has 0 bridgehead atoms. The number of unbranched alkanes of at least 4 members (excludes halogenated alkanes) is 1. The van der Waals surface area contributed by atoms with Gasteiger partial charge in [-0.15, -0.1) is 0 Å². The van der Waals surface area contributed by atoms with Crippen LogP contribution in [-0.2, 0) is 4.74 Å². The number of nitrogens with one attached hydrogen (secondary N) is 2. The van der Waals surface area contributed by atoms with Crippen LogP contribution in [0.3, 0.4) is 0 Å². The molecule has 3 N–H and O–H groups in total. The highest BCUT2D eigenvalue weighted by Gasteiger charge is 2.09. The first-order valence-corrected chi connectivity index (χ1v) is 9.39.